The largest absolute Gasteiger partial charge is 0.458 e. The average molecular weight is 371 g/mol. The molecule has 0 aliphatic carbocycles. The van der Waals surface area contributed by atoms with E-state index in [1.165, 1.54) is 0 Å². The van der Waals surface area contributed by atoms with E-state index in [9.17, 15) is 14.4 Å². The van der Waals surface area contributed by atoms with Crippen LogP contribution in [0.15, 0.2) is 24.3 Å². The van der Waals surface area contributed by atoms with Crippen LogP contribution in [0.1, 0.15) is 32.8 Å². The molecule has 0 bridgehead atoms. The highest BCUT2D eigenvalue weighted by molar-refractivity contribution is 6.30. The first-order chi connectivity index (χ1) is 11.6. The van der Waals surface area contributed by atoms with Crippen molar-refractivity contribution in [2.75, 3.05) is 6.61 Å². The molecule has 25 heavy (non-hydrogen) atoms. The molecule has 3 N–H and O–H groups in total. The number of ether oxygens (including phenoxy) is 2. The van der Waals surface area contributed by atoms with Crippen molar-refractivity contribution in [1.29, 1.82) is 0 Å². The molecule has 7 nitrogen and oxygen atoms in total. The Balaban J connectivity index is 2.52. The number of amides is 2. The van der Waals surface area contributed by atoms with E-state index in [1.807, 2.05) is 12.1 Å². The van der Waals surface area contributed by atoms with Gasteiger partial charge < -0.3 is 20.5 Å². The summed E-state index contributed by atoms with van der Waals surface area (Å²) in [6.45, 7) is 5.13. The molecular weight excluding hydrogens is 348 g/mol. The smallest absolute Gasteiger partial charge is 0.407 e. The number of carbonyl (C=O) groups excluding carboxylic acids is 3. The van der Waals surface area contributed by atoms with E-state index in [2.05, 4.69) is 5.32 Å². The Morgan fingerprint density at radius 3 is 2.32 bits per heavy atom. The van der Waals surface area contributed by atoms with E-state index in [1.54, 1.807) is 32.9 Å². The summed E-state index contributed by atoms with van der Waals surface area (Å²) in [5.74, 6) is -1.49. The van der Waals surface area contributed by atoms with Crippen LogP contribution in [0.4, 0.5) is 4.79 Å². The summed E-state index contributed by atoms with van der Waals surface area (Å²) < 4.78 is 10.2. The van der Waals surface area contributed by atoms with Crippen molar-refractivity contribution in [3.05, 3.63) is 34.9 Å². The third kappa shape index (κ3) is 8.95. The molecule has 0 saturated heterocycles. The predicted molar refractivity (Wildman–Crippen MR) is 93.1 cm³/mol. The molecule has 8 heteroatoms. The number of alkyl carbamates (subject to hydrolysis) is 1. The first kappa shape index (κ1) is 20.8. The van der Waals surface area contributed by atoms with Gasteiger partial charge in [-0.2, -0.15) is 0 Å². The fourth-order valence-corrected chi connectivity index (χ4v) is 1.99. The van der Waals surface area contributed by atoms with Gasteiger partial charge in [-0.15, -0.1) is 0 Å². The summed E-state index contributed by atoms with van der Waals surface area (Å²) in [6.07, 6.45) is -0.718. The molecule has 1 atom stereocenters. The van der Waals surface area contributed by atoms with Gasteiger partial charge in [0, 0.05) is 11.4 Å². The van der Waals surface area contributed by atoms with Crippen LogP contribution in [-0.2, 0) is 25.5 Å². The zero-order valence-electron chi connectivity index (χ0n) is 14.5. The second-order valence-corrected chi connectivity index (χ2v) is 6.85. The molecule has 1 unspecified atom stereocenters. The van der Waals surface area contributed by atoms with Crippen LogP contribution in [-0.4, -0.2) is 36.2 Å². The number of hydrogen-bond donors (Lipinski definition) is 2. The van der Waals surface area contributed by atoms with E-state index in [0.29, 0.717) is 11.4 Å². The molecule has 0 spiro atoms. The minimum Gasteiger partial charge on any atom is -0.458 e. The summed E-state index contributed by atoms with van der Waals surface area (Å²) in [7, 11) is 0. The SMILES string of the molecule is CC(C)(C)OC(=O)C(CC(N)=O)NC(=O)OCCc1ccc(Cl)cc1. The van der Waals surface area contributed by atoms with E-state index in [-0.39, 0.29) is 13.0 Å². The van der Waals surface area contributed by atoms with Crippen molar-refractivity contribution in [1.82, 2.24) is 5.32 Å². The number of nitrogens with two attached hydrogens (primary N) is 1. The van der Waals surface area contributed by atoms with Gasteiger partial charge in [-0.05, 0) is 38.5 Å². The van der Waals surface area contributed by atoms with Crippen LogP contribution in [0.5, 0.6) is 0 Å². The number of primary amides is 1. The van der Waals surface area contributed by atoms with E-state index < -0.39 is 29.6 Å². The van der Waals surface area contributed by atoms with Crippen LogP contribution in [0.25, 0.3) is 0 Å². The molecule has 1 aromatic rings. The van der Waals surface area contributed by atoms with Gasteiger partial charge in [0.1, 0.15) is 11.6 Å². The zero-order chi connectivity index (χ0) is 19.0. The Kier molecular flexibility index (Phi) is 7.70. The summed E-state index contributed by atoms with van der Waals surface area (Å²) in [6, 6.07) is 5.92. The van der Waals surface area contributed by atoms with Gasteiger partial charge in [0.15, 0.2) is 0 Å². The molecule has 1 aromatic carbocycles. The Hall–Kier alpha value is -2.28. The maximum absolute atomic E-state index is 12.0. The molecule has 0 aliphatic rings. The van der Waals surface area contributed by atoms with Gasteiger partial charge in [-0.3, -0.25) is 4.79 Å². The number of esters is 1. The lowest BCUT2D eigenvalue weighted by atomic mass is 10.1. The normalized spacial score (nSPS) is 12.2. The highest BCUT2D eigenvalue weighted by atomic mass is 35.5. The molecule has 2 amide bonds. The average Bonchev–Trinajstić information content (AvgIpc) is 2.46. The zero-order valence-corrected chi connectivity index (χ0v) is 15.3. The summed E-state index contributed by atoms with van der Waals surface area (Å²) in [5.41, 5.74) is 5.30. The second-order valence-electron chi connectivity index (χ2n) is 6.41. The van der Waals surface area contributed by atoms with E-state index in [4.69, 9.17) is 26.8 Å². The van der Waals surface area contributed by atoms with Crippen LogP contribution in [0.2, 0.25) is 5.02 Å². The second kappa shape index (κ2) is 9.27. The quantitative estimate of drug-likeness (QED) is 0.715. The van der Waals surface area contributed by atoms with Crippen LogP contribution >= 0.6 is 11.6 Å². The monoisotopic (exact) mass is 370 g/mol. The molecule has 138 valence electrons. The lowest BCUT2D eigenvalue weighted by Crippen LogP contribution is -2.46. The van der Waals surface area contributed by atoms with Crippen LogP contribution in [0.3, 0.4) is 0 Å². The molecule has 0 aromatic heterocycles. The highest BCUT2D eigenvalue weighted by Gasteiger charge is 2.28. The Morgan fingerprint density at radius 1 is 1.20 bits per heavy atom. The van der Waals surface area contributed by atoms with E-state index >= 15 is 0 Å². The van der Waals surface area contributed by atoms with Crippen molar-refractivity contribution < 1.29 is 23.9 Å². The van der Waals surface area contributed by atoms with Crippen molar-refractivity contribution in [3.63, 3.8) is 0 Å². The Morgan fingerprint density at radius 2 is 1.80 bits per heavy atom. The maximum Gasteiger partial charge on any atom is 0.407 e. The fraction of sp³-hybridized carbons (Fsp3) is 0.471. The number of nitrogens with one attached hydrogen (secondary N) is 1. The lowest BCUT2D eigenvalue weighted by molar-refractivity contribution is -0.158. The van der Waals surface area contributed by atoms with Crippen molar-refractivity contribution in [2.24, 2.45) is 5.73 Å². The van der Waals surface area contributed by atoms with Gasteiger partial charge in [0.2, 0.25) is 5.91 Å². The van der Waals surface area contributed by atoms with Gasteiger partial charge >= 0.3 is 12.1 Å². The Labute approximate surface area is 151 Å². The van der Waals surface area contributed by atoms with E-state index in [0.717, 1.165) is 5.56 Å². The fourth-order valence-electron chi connectivity index (χ4n) is 1.86. The molecule has 0 aliphatic heterocycles. The minimum absolute atomic E-state index is 0.102. The molecule has 0 radical (unpaired) electrons. The third-order valence-corrected chi connectivity index (χ3v) is 3.18. The number of benzene rings is 1. The number of halogens is 1. The number of carbonyl (C=O) groups is 3. The van der Waals surface area contributed by atoms with Crippen molar-refractivity contribution in [3.8, 4) is 0 Å². The van der Waals surface area contributed by atoms with Crippen molar-refractivity contribution in [2.45, 2.75) is 45.3 Å². The van der Waals surface area contributed by atoms with Crippen LogP contribution < -0.4 is 11.1 Å². The number of hydrogen-bond acceptors (Lipinski definition) is 5. The third-order valence-electron chi connectivity index (χ3n) is 2.93. The predicted octanol–water partition coefficient (Wildman–Crippen LogP) is 2.19. The van der Waals surface area contributed by atoms with Gasteiger partial charge in [-0.25, -0.2) is 9.59 Å². The number of rotatable bonds is 7. The Bertz CT molecular complexity index is 610. The first-order valence-electron chi connectivity index (χ1n) is 7.76. The van der Waals surface area contributed by atoms with Gasteiger partial charge in [0.05, 0.1) is 13.0 Å². The summed E-state index contributed by atoms with van der Waals surface area (Å²) >= 11 is 5.79. The molecular formula is C17H23ClN2O5. The minimum atomic E-state index is -1.19. The van der Waals surface area contributed by atoms with Crippen molar-refractivity contribution >= 4 is 29.6 Å². The molecule has 0 fully saturated rings. The summed E-state index contributed by atoms with van der Waals surface area (Å²) in [5, 5.41) is 2.93. The first-order valence-corrected chi connectivity index (χ1v) is 8.13. The van der Waals surface area contributed by atoms with Crippen LogP contribution in [0, 0.1) is 0 Å². The van der Waals surface area contributed by atoms with Gasteiger partial charge in [0.25, 0.3) is 0 Å². The summed E-state index contributed by atoms with van der Waals surface area (Å²) in [4.78, 5) is 35.0. The molecule has 1 rings (SSSR count). The maximum atomic E-state index is 12.0. The standard InChI is InChI=1S/C17H23ClN2O5/c1-17(2,3)25-15(22)13(10-14(19)21)20-16(23)24-9-8-11-4-6-12(18)7-5-11/h4-7,13H,8-10H2,1-3H3,(H2,19,21)(H,20,23). The topological polar surface area (TPSA) is 108 Å². The highest BCUT2D eigenvalue weighted by Crippen LogP contribution is 2.11. The molecule has 0 saturated carbocycles. The molecule has 0 heterocycles. The lowest BCUT2D eigenvalue weighted by Gasteiger charge is -2.23. The van der Waals surface area contributed by atoms with Gasteiger partial charge in [-0.1, -0.05) is 23.7 Å².